The minimum atomic E-state index is -1.04. The largest absolute Gasteiger partial charge is 0.478 e. The molecule has 1 aromatic heterocycles. The summed E-state index contributed by atoms with van der Waals surface area (Å²) in [5.74, 6) is -0.364. The van der Waals surface area contributed by atoms with Crippen molar-refractivity contribution in [1.29, 1.82) is 0 Å². The van der Waals surface area contributed by atoms with E-state index in [1.165, 1.54) is 6.07 Å². The maximum Gasteiger partial charge on any atom is 0.339 e. The molecular weight excluding hydrogens is 204 g/mol. The Labute approximate surface area is 84.9 Å². The van der Waals surface area contributed by atoms with Gasteiger partial charge in [0.15, 0.2) is 0 Å². The van der Waals surface area contributed by atoms with Gasteiger partial charge in [-0.2, -0.15) is 0 Å². The van der Waals surface area contributed by atoms with Crippen LogP contribution in [0.3, 0.4) is 0 Å². The number of aryl methyl sites for hydroxylation is 1. The molecule has 0 atom stereocenters. The van der Waals surface area contributed by atoms with E-state index in [0.717, 1.165) is 0 Å². The molecule has 0 spiro atoms. The van der Waals surface area contributed by atoms with Crippen LogP contribution in [-0.4, -0.2) is 11.1 Å². The van der Waals surface area contributed by atoms with Crippen molar-refractivity contribution >= 4 is 28.5 Å². The Morgan fingerprint density at radius 3 is 2.79 bits per heavy atom. The van der Waals surface area contributed by atoms with Crippen LogP contribution in [0.25, 0.3) is 11.0 Å². The van der Waals surface area contributed by atoms with Gasteiger partial charge in [-0.25, -0.2) is 4.79 Å². The van der Waals surface area contributed by atoms with Crippen LogP contribution in [0.1, 0.15) is 16.1 Å². The van der Waals surface area contributed by atoms with Crippen molar-refractivity contribution in [3.63, 3.8) is 0 Å². The summed E-state index contributed by atoms with van der Waals surface area (Å²) in [6.07, 6.45) is 0. The van der Waals surface area contributed by atoms with Gasteiger partial charge in [0.05, 0.1) is 0 Å². The van der Waals surface area contributed by atoms with E-state index in [0.29, 0.717) is 21.8 Å². The zero-order chi connectivity index (χ0) is 10.3. The fraction of sp³-hybridized carbons (Fsp3) is 0.100. The number of carboxylic acid groups (broad SMARTS) is 1. The summed E-state index contributed by atoms with van der Waals surface area (Å²) in [6.45, 7) is 1.76. The van der Waals surface area contributed by atoms with E-state index >= 15 is 0 Å². The van der Waals surface area contributed by atoms with Gasteiger partial charge < -0.3 is 9.52 Å². The molecule has 0 saturated heterocycles. The summed E-state index contributed by atoms with van der Waals surface area (Å²) in [4.78, 5) is 10.9. The summed E-state index contributed by atoms with van der Waals surface area (Å²) in [5, 5.41) is 10.0. The van der Waals surface area contributed by atoms with Gasteiger partial charge in [0.25, 0.3) is 0 Å². The predicted molar refractivity (Wildman–Crippen MR) is 52.9 cm³/mol. The molecule has 0 aliphatic heterocycles. The average molecular weight is 211 g/mol. The van der Waals surface area contributed by atoms with E-state index in [4.69, 9.17) is 21.1 Å². The van der Waals surface area contributed by atoms with E-state index in [-0.39, 0.29) is 5.56 Å². The SMILES string of the molecule is Cc1cc2cc(Cl)cc(C(=O)O)c2o1. The van der Waals surface area contributed by atoms with E-state index < -0.39 is 5.97 Å². The summed E-state index contributed by atoms with van der Waals surface area (Å²) >= 11 is 5.77. The van der Waals surface area contributed by atoms with Crippen molar-refractivity contribution in [2.24, 2.45) is 0 Å². The topological polar surface area (TPSA) is 50.4 Å². The van der Waals surface area contributed by atoms with Gasteiger partial charge in [0.2, 0.25) is 0 Å². The van der Waals surface area contributed by atoms with Crippen molar-refractivity contribution in [1.82, 2.24) is 0 Å². The summed E-state index contributed by atoms with van der Waals surface area (Å²) in [7, 11) is 0. The number of benzene rings is 1. The van der Waals surface area contributed by atoms with Crippen LogP contribution in [0.2, 0.25) is 5.02 Å². The average Bonchev–Trinajstić information content (AvgIpc) is 2.42. The second-order valence-corrected chi connectivity index (χ2v) is 3.47. The van der Waals surface area contributed by atoms with Crippen molar-refractivity contribution in [3.8, 4) is 0 Å². The van der Waals surface area contributed by atoms with Crippen molar-refractivity contribution in [2.45, 2.75) is 6.92 Å². The van der Waals surface area contributed by atoms with Gasteiger partial charge in [0.1, 0.15) is 16.9 Å². The molecule has 4 heteroatoms. The van der Waals surface area contributed by atoms with Crippen LogP contribution < -0.4 is 0 Å². The zero-order valence-electron chi connectivity index (χ0n) is 7.37. The molecule has 0 aliphatic carbocycles. The number of rotatable bonds is 1. The lowest BCUT2D eigenvalue weighted by Gasteiger charge is -1.96. The van der Waals surface area contributed by atoms with Crippen LogP contribution in [0.15, 0.2) is 22.6 Å². The molecule has 0 fully saturated rings. The standard InChI is InChI=1S/C10H7ClO3/c1-5-2-6-3-7(11)4-8(10(12)13)9(6)14-5/h2-4H,1H3,(H,12,13). The fourth-order valence-corrected chi connectivity index (χ4v) is 1.63. The molecule has 2 aromatic rings. The second-order valence-electron chi connectivity index (χ2n) is 3.03. The number of aromatic carboxylic acids is 1. The second kappa shape index (κ2) is 3.03. The van der Waals surface area contributed by atoms with E-state index in [2.05, 4.69) is 0 Å². The van der Waals surface area contributed by atoms with E-state index in [9.17, 15) is 4.79 Å². The van der Waals surface area contributed by atoms with Gasteiger partial charge in [-0.15, -0.1) is 0 Å². The Bertz CT molecular complexity index is 513. The number of carbonyl (C=O) groups is 1. The number of carboxylic acids is 1. The molecule has 1 heterocycles. The van der Waals surface area contributed by atoms with Crippen LogP contribution in [0, 0.1) is 6.92 Å². The third-order valence-electron chi connectivity index (χ3n) is 1.93. The molecule has 0 radical (unpaired) electrons. The summed E-state index contributed by atoms with van der Waals surface area (Å²) in [5.41, 5.74) is 0.472. The zero-order valence-corrected chi connectivity index (χ0v) is 8.13. The highest BCUT2D eigenvalue weighted by molar-refractivity contribution is 6.32. The van der Waals surface area contributed by atoms with Gasteiger partial charge >= 0.3 is 5.97 Å². The lowest BCUT2D eigenvalue weighted by molar-refractivity contribution is 0.0698. The summed E-state index contributed by atoms with van der Waals surface area (Å²) in [6, 6.07) is 4.82. The molecule has 2 rings (SSSR count). The Morgan fingerprint density at radius 1 is 1.43 bits per heavy atom. The molecule has 72 valence electrons. The molecule has 3 nitrogen and oxygen atoms in total. The number of fused-ring (bicyclic) bond motifs is 1. The van der Waals surface area contributed by atoms with E-state index in [1.807, 2.05) is 0 Å². The van der Waals surface area contributed by atoms with Crippen LogP contribution in [-0.2, 0) is 0 Å². The van der Waals surface area contributed by atoms with Crippen molar-refractivity contribution in [3.05, 3.63) is 34.5 Å². The minimum absolute atomic E-state index is 0.0978. The molecule has 1 N–H and O–H groups in total. The normalized spacial score (nSPS) is 10.7. The lowest BCUT2D eigenvalue weighted by atomic mass is 10.1. The lowest BCUT2D eigenvalue weighted by Crippen LogP contribution is -1.96. The molecule has 0 unspecified atom stereocenters. The highest BCUT2D eigenvalue weighted by atomic mass is 35.5. The third-order valence-corrected chi connectivity index (χ3v) is 2.15. The quantitative estimate of drug-likeness (QED) is 0.787. The number of halogens is 1. The minimum Gasteiger partial charge on any atom is -0.478 e. The molecule has 0 saturated carbocycles. The number of hydrogen-bond acceptors (Lipinski definition) is 2. The molecule has 0 bridgehead atoms. The first-order valence-corrected chi connectivity index (χ1v) is 4.38. The third kappa shape index (κ3) is 1.36. The van der Waals surface area contributed by atoms with E-state index in [1.54, 1.807) is 19.1 Å². The van der Waals surface area contributed by atoms with Gasteiger partial charge in [-0.05, 0) is 25.1 Å². The maximum atomic E-state index is 10.9. The highest BCUT2D eigenvalue weighted by Gasteiger charge is 2.13. The van der Waals surface area contributed by atoms with Crippen molar-refractivity contribution in [2.75, 3.05) is 0 Å². The first kappa shape index (κ1) is 9.09. The van der Waals surface area contributed by atoms with Crippen LogP contribution in [0.5, 0.6) is 0 Å². The highest BCUT2D eigenvalue weighted by Crippen LogP contribution is 2.26. The van der Waals surface area contributed by atoms with Gasteiger partial charge in [-0.3, -0.25) is 0 Å². The molecule has 0 aliphatic rings. The molecule has 14 heavy (non-hydrogen) atoms. The predicted octanol–water partition coefficient (Wildman–Crippen LogP) is 3.09. The number of furan rings is 1. The first-order chi connectivity index (χ1) is 6.58. The Hall–Kier alpha value is -1.48. The molecule has 0 amide bonds. The maximum absolute atomic E-state index is 10.9. The van der Waals surface area contributed by atoms with Crippen LogP contribution >= 0.6 is 11.6 Å². The summed E-state index contributed by atoms with van der Waals surface area (Å²) < 4.78 is 5.28. The fourth-order valence-electron chi connectivity index (χ4n) is 1.40. The van der Waals surface area contributed by atoms with Crippen molar-refractivity contribution < 1.29 is 14.3 Å². The Morgan fingerprint density at radius 2 is 2.14 bits per heavy atom. The van der Waals surface area contributed by atoms with Crippen LogP contribution in [0.4, 0.5) is 0 Å². The monoisotopic (exact) mass is 210 g/mol. The van der Waals surface area contributed by atoms with Gasteiger partial charge in [0, 0.05) is 10.4 Å². The first-order valence-electron chi connectivity index (χ1n) is 4.01. The smallest absolute Gasteiger partial charge is 0.339 e. The Balaban J connectivity index is 2.85. The molecule has 1 aromatic carbocycles. The Kier molecular flexibility index (Phi) is 1.97. The molecular formula is C10H7ClO3. The van der Waals surface area contributed by atoms with Gasteiger partial charge in [-0.1, -0.05) is 11.6 Å². The number of hydrogen-bond donors (Lipinski definition) is 1.